The SMILES string of the molecule is COC(C=O)(CC=O)OC. The molecule has 4 nitrogen and oxygen atoms in total. The topological polar surface area (TPSA) is 52.6 Å². The van der Waals surface area contributed by atoms with E-state index in [0.717, 1.165) is 0 Å². The van der Waals surface area contributed by atoms with Crippen molar-refractivity contribution in [2.75, 3.05) is 14.2 Å². The minimum absolute atomic E-state index is 0.0799. The average molecular weight is 146 g/mol. The summed E-state index contributed by atoms with van der Waals surface area (Å²) in [5.74, 6) is -1.37. The summed E-state index contributed by atoms with van der Waals surface area (Å²) >= 11 is 0. The Morgan fingerprint density at radius 1 is 1.30 bits per heavy atom. The van der Waals surface area contributed by atoms with Gasteiger partial charge in [0.15, 0.2) is 6.29 Å². The Morgan fingerprint density at radius 3 is 1.90 bits per heavy atom. The standard InChI is InChI=1S/C6H10O4/c1-9-6(5-8,10-2)3-4-7/h4-5H,3H2,1-2H3. The monoisotopic (exact) mass is 146 g/mol. The van der Waals surface area contributed by atoms with Gasteiger partial charge in [-0.1, -0.05) is 0 Å². The lowest BCUT2D eigenvalue weighted by Gasteiger charge is -2.21. The van der Waals surface area contributed by atoms with Crippen molar-refractivity contribution >= 4 is 12.6 Å². The van der Waals surface area contributed by atoms with Crippen LogP contribution in [-0.4, -0.2) is 32.6 Å². The Labute approximate surface area is 59.1 Å². The number of methoxy groups -OCH3 is 2. The highest BCUT2D eigenvalue weighted by molar-refractivity contribution is 5.67. The molecule has 10 heavy (non-hydrogen) atoms. The number of aldehydes is 2. The molecule has 0 aromatic rings. The second-order valence-electron chi connectivity index (χ2n) is 1.71. The minimum atomic E-state index is -1.37. The van der Waals surface area contributed by atoms with E-state index in [0.29, 0.717) is 12.6 Å². The second-order valence-corrected chi connectivity index (χ2v) is 1.71. The van der Waals surface area contributed by atoms with E-state index in [-0.39, 0.29) is 6.42 Å². The van der Waals surface area contributed by atoms with Crippen LogP contribution < -0.4 is 0 Å². The molecule has 0 saturated heterocycles. The molecular formula is C6H10O4. The van der Waals surface area contributed by atoms with Crippen molar-refractivity contribution in [2.24, 2.45) is 0 Å². The summed E-state index contributed by atoms with van der Waals surface area (Å²) in [6, 6.07) is 0. The highest BCUT2D eigenvalue weighted by atomic mass is 16.7. The summed E-state index contributed by atoms with van der Waals surface area (Å²) in [7, 11) is 2.61. The largest absolute Gasteiger partial charge is 0.347 e. The highest BCUT2D eigenvalue weighted by Crippen LogP contribution is 2.10. The van der Waals surface area contributed by atoms with Gasteiger partial charge >= 0.3 is 0 Å². The maximum Gasteiger partial charge on any atom is 0.232 e. The lowest BCUT2D eigenvalue weighted by Crippen LogP contribution is -2.35. The van der Waals surface area contributed by atoms with Gasteiger partial charge in [-0.25, -0.2) is 0 Å². The Hall–Kier alpha value is -0.740. The highest BCUT2D eigenvalue weighted by Gasteiger charge is 2.27. The molecule has 0 amide bonds. The van der Waals surface area contributed by atoms with Crippen molar-refractivity contribution in [3.63, 3.8) is 0 Å². The Bertz CT molecular complexity index is 117. The van der Waals surface area contributed by atoms with E-state index in [9.17, 15) is 9.59 Å². The van der Waals surface area contributed by atoms with Crippen LogP contribution in [-0.2, 0) is 19.1 Å². The number of ether oxygens (including phenoxy) is 2. The van der Waals surface area contributed by atoms with Crippen molar-refractivity contribution in [3.8, 4) is 0 Å². The summed E-state index contributed by atoms with van der Waals surface area (Å²) in [6.07, 6.45) is 0.951. The van der Waals surface area contributed by atoms with Crippen molar-refractivity contribution in [3.05, 3.63) is 0 Å². The third-order valence-electron chi connectivity index (χ3n) is 1.24. The van der Waals surface area contributed by atoms with Crippen molar-refractivity contribution < 1.29 is 19.1 Å². The molecule has 0 aromatic heterocycles. The van der Waals surface area contributed by atoms with Gasteiger partial charge in [0.1, 0.15) is 6.29 Å². The first kappa shape index (κ1) is 9.26. The molecule has 4 heteroatoms. The molecule has 0 heterocycles. The van der Waals surface area contributed by atoms with Gasteiger partial charge in [0.25, 0.3) is 0 Å². The quantitative estimate of drug-likeness (QED) is 0.397. The van der Waals surface area contributed by atoms with Gasteiger partial charge in [-0.05, 0) is 0 Å². The average Bonchev–Trinajstić information content (AvgIpc) is 2.01. The number of rotatable bonds is 5. The van der Waals surface area contributed by atoms with Crippen LogP contribution in [0.25, 0.3) is 0 Å². The van der Waals surface area contributed by atoms with Gasteiger partial charge in [0, 0.05) is 14.2 Å². The van der Waals surface area contributed by atoms with Crippen LogP contribution in [0.15, 0.2) is 0 Å². The summed E-state index contributed by atoms with van der Waals surface area (Å²) < 4.78 is 9.31. The van der Waals surface area contributed by atoms with Gasteiger partial charge in [-0.3, -0.25) is 4.79 Å². The van der Waals surface area contributed by atoms with E-state index in [1.165, 1.54) is 14.2 Å². The molecular weight excluding hydrogens is 136 g/mol. The molecule has 0 fully saturated rings. The molecule has 0 bridgehead atoms. The summed E-state index contributed by atoms with van der Waals surface area (Å²) in [6.45, 7) is 0. The van der Waals surface area contributed by atoms with E-state index in [1.54, 1.807) is 0 Å². The molecule has 0 unspecified atom stereocenters. The molecule has 0 aliphatic rings. The molecule has 0 aromatic carbocycles. The molecule has 0 spiro atoms. The fourth-order valence-corrected chi connectivity index (χ4v) is 0.510. The zero-order chi connectivity index (χ0) is 8.04. The third-order valence-corrected chi connectivity index (χ3v) is 1.24. The molecule has 0 aliphatic carbocycles. The molecule has 0 atom stereocenters. The van der Waals surface area contributed by atoms with Crippen LogP contribution in [0.2, 0.25) is 0 Å². The maximum absolute atomic E-state index is 10.3. The first-order valence-electron chi connectivity index (χ1n) is 2.75. The van der Waals surface area contributed by atoms with Gasteiger partial charge in [0.05, 0.1) is 6.42 Å². The lowest BCUT2D eigenvalue weighted by atomic mass is 10.2. The predicted molar refractivity (Wildman–Crippen MR) is 33.5 cm³/mol. The van der Waals surface area contributed by atoms with Crippen LogP contribution in [0.1, 0.15) is 6.42 Å². The zero-order valence-electron chi connectivity index (χ0n) is 5.99. The number of carbonyl (C=O) groups is 2. The van der Waals surface area contributed by atoms with Gasteiger partial charge in [-0.2, -0.15) is 0 Å². The van der Waals surface area contributed by atoms with Crippen LogP contribution in [0, 0.1) is 0 Å². The lowest BCUT2D eigenvalue weighted by molar-refractivity contribution is -0.196. The number of hydrogen-bond acceptors (Lipinski definition) is 4. The van der Waals surface area contributed by atoms with E-state index in [4.69, 9.17) is 0 Å². The van der Waals surface area contributed by atoms with E-state index in [1.807, 2.05) is 0 Å². The fraction of sp³-hybridized carbons (Fsp3) is 0.667. The second kappa shape index (κ2) is 4.14. The Morgan fingerprint density at radius 2 is 1.80 bits per heavy atom. The molecule has 58 valence electrons. The number of carbonyl (C=O) groups excluding carboxylic acids is 2. The van der Waals surface area contributed by atoms with Crippen LogP contribution in [0.5, 0.6) is 0 Å². The molecule has 0 rings (SSSR count). The molecule has 0 saturated carbocycles. The summed E-state index contributed by atoms with van der Waals surface area (Å²) in [5, 5.41) is 0. The molecule has 0 N–H and O–H groups in total. The van der Waals surface area contributed by atoms with Crippen LogP contribution in [0.3, 0.4) is 0 Å². The summed E-state index contributed by atoms with van der Waals surface area (Å²) in [5.41, 5.74) is 0. The smallest absolute Gasteiger partial charge is 0.232 e. The maximum atomic E-state index is 10.3. The Balaban J connectivity index is 4.13. The fourth-order valence-electron chi connectivity index (χ4n) is 0.510. The van der Waals surface area contributed by atoms with Crippen molar-refractivity contribution in [2.45, 2.75) is 12.2 Å². The van der Waals surface area contributed by atoms with Crippen LogP contribution in [0.4, 0.5) is 0 Å². The van der Waals surface area contributed by atoms with E-state index in [2.05, 4.69) is 9.47 Å². The predicted octanol–water partition coefficient (Wildman–Crippen LogP) is -0.237. The van der Waals surface area contributed by atoms with Gasteiger partial charge < -0.3 is 14.3 Å². The van der Waals surface area contributed by atoms with Crippen molar-refractivity contribution in [1.82, 2.24) is 0 Å². The first-order chi connectivity index (χ1) is 4.74. The van der Waals surface area contributed by atoms with E-state index >= 15 is 0 Å². The van der Waals surface area contributed by atoms with Crippen LogP contribution >= 0.6 is 0 Å². The normalized spacial score (nSPS) is 11.0. The van der Waals surface area contributed by atoms with Gasteiger partial charge in [0.2, 0.25) is 5.79 Å². The first-order valence-corrected chi connectivity index (χ1v) is 2.75. The Kier molecular flexibility index (Phi) is 3.83. The van der Waals surface area contributed by atoms with Crippen molar-refractivity contribution in [1.29, 1.82) is 0 Å². The van der Waals surface area contributed by atoms with E-state index < -0.39 is 5.79 Å². The molecule has 0 aliphatic heterocycles. The molecule has 0 radical (unpaired) electrons. The number of hydrogen-bond donors (Lipinski definition) is 0. The summed E-state index contributed by atoms with van der Waals surface area (Å²) in [4.78, 5) is 20.2. The third kappa shape index (κ3) is 1.89. The minimum Gasteiger partial charge on any atom is -0.347 e. The van der Waals surface area contributed by atoms with Gasteiger partial charge in [-0.15, -0.1) is 0 Å². The zero-order valence-corrected chi connectivity index (χ0v) is 5.99.